The van der Waals surface area contributed by atoms with E-state index < -0.39 is 0 Å². The monoisotopic (exact) mass is 355 g/mol. The molecule has 1 saturated heterocycles. The lowest BCUT2D eigenvalue weighted by molar-refractivity contribution is -0.0176. The predicted molar refractivity (Wildman–Crippen MR) is 98.7 cm³/mol. The van der Waals surface area contributed by atoms with Crippen LogP contribution in [0.1, 0.15) is 28.9 Å². The Labute approximate surface area is 152 Å². The number of ether oxygens (including phenoxy) is 1. The van der Waals surface area contributed by atoms with Crippen LogP contribution in [0.3, 0.4) is 0 Å². The Morgan fingerprint density at radius 3 is 2.77 bits per heavy atom. The number of nitrogens with zero attached hydrogens (tertiary/aromatic N) is 2. The molecule has 0 saturated carbocycles. The number of hydrogen-bond acceptors (Lipinski definition) is 4. The van der Waals surface area contributed by atoms with Crippen LogP contribution in [0.5, 0.6) is 0 Å². The summed E-state index contributed by atoms with van der Waals surface area (Å²) in [6.07, 6.45) is 3.05. The summed E-state index contributed by atoms with van der Waals surface area (Å²) in [4.78, 5) is 18.5. The standard InChI is InChI=1S/C20H22FN3O2/c1-3-10-22-20(25)16-6-9-19(23-11-16)24-12-14(2)26-18(13-24)15-4-7-17(21)8-5-15/h3-9,11,14,18H,1,10,12-13H2,2H3,(H,22,25). The van der Waals surface area contributed by atoms with Crippen molar-refractivity contribution in [3.05, 3.63) is 72.2 Å². The third kappa shape index (κ3) is 4.26. The molecular formula is C20H22FN3O2. The van der Waals surface area contributed by atoms with E-state index >= 15 is 0 Å². The summed E-state index contributed by atoms with van der Waals surface area (Å²) < 4.78 is 19.2. The number of pyridine rings is 1. The van der Waals surface area contributed by atoms with Crippen LogP contribution in [0.4, 0.5) is 10.2 Å². The van der Waals surface area contributed by atoms with E-state index in [1.807, 2.05) is 13.0 Å². The number of nitrogens with one attached hydrogen (secondary N) is 1. The average Bonchev–Trinajstić information content (AvgIpc) is 2.66. The van der Waals surface area contributed by atoms with Crippen LogP contribution in [0, 0.1) is 5.82 Å². The molecule has 2 unspecified atom stereocenters. The van der Waals surface area contributed by atoms with Crippen molar-refractivity contribution in [3.8, 4) is 0 Å². The van der Waals surface area contributed by atoms with Crippen molar-refractivity contribution in [2.75, 3.05) is 24.5 Å². The molecule has 136 valence electrons. The summed E-state index contributed by atoms with van der Waals surface area (Å²) in [7, 11) is 0. The first-order valence-electron chi connectivity index (χ1n) is 8.58. The molecule has 5 nitrogen and oxygen atoms in total. The summed E-state index contributed by atoms with van der Waals surface area (Å²) in [5.74, 6) is 0.345. The van der Waals surface area contributed by atoms with E-state index in [1.54, 1.807) is 30.5 Å². The first-order chi connectivity index (χ1) is 12.6. The maximum atomic E-state index is 13.2. The van der Waals surface area contributed by atoms with Gasteiger partial charge in [-0.15, -0.1) is 6.58 Å². The molecule has 1 N–H and O–H groups in total. The summed E-state index contributed by atoms with van der Waals surface area (Å²) in [6, 6.07) is 9.97. The molecule has 0 bridgehead atoms. The van der Waals surface area contributed by atoms with Crippen LogP contribution >= 0.6 is 0 Å². The first kappa shape index (κ1) is 18.1. The highest BCUT2D eigenvalue weighted by molar-refractivity contribution is 5.94. The molecule has 2 atom stereocenters. The van der Waals surface area contributed by atoms with Gasteiger partial charge in [-0.3, -0.25) is 4.79 Å². The fraction of sp³-hybridized carbons (Fsp3) is 0.300. The molecule has 26 heavy (non-hydrogen) atoms. The number of halogens is 1. The molecule has 1 aromatic heterocycles. The Morgan fingerprint density at radius 1 is 1.35 bits per heavy atom. The lowest BCUT2D eigenvalue weighted by atomic mass is 10.1. The van der Waals surface area contributed by atoms with Gasteiger partial charge in [-0.2, -0.15) is 0 Å². The van der Waals surface area contributed by atoms with Crippen LogP contribution < -0.4 is 10.2 Å². The molecule has 1 aliphatic rings. The zero-order chi connectivity index (χ0) is 18.5. The quantitative estimate of drug-likeness (QED) is 0.838. The topological polar surface area (TPSA) is 54.5 Å². The minimum Gasteiger partial charge on any atom is -0.367 e. The molecule has 6 heteroatoms. The molecule has 0 aliphatic carbocycles. The third-order valence-electron chi connectivity index (χ3n) is 4.24. The van der Waals surface area contributed by atoms with Gasteiger partial charge in [0, 0.05) is 25.8 Å². The average molecular weight is 355 g/mol. The summed E-state index contributed by atoms with van der Waals surface area (Å²) in [5, 5.41) is 2.73. The Morgan fingerprint density at radius 2 is 2.12 bits per heavy atom. The zero-order valence-electron chi connectivity index (χ0n) is 14.7. The van der Waals surface area contributed by atoms with Gasteiger partial charge in [0.2, 0.25) is 0 Å². The van der Waals surface area contributed by atoms with Gasteiger partial charge < -0.3 is 15.0 Å². The van der Waals surface area contributed by atoms with Gasteiger partial charge in [0.05, 0.1) is 11.7 Å². The van der Waals surface area contributed by atoms with Gasteiger partial charge in [0.15, 0.2) is 0 Å². The molecule has 1 amide bonds. The van der Waals surface area contributed by atoms with E-state index in [0.29, 0.717) is 25.2 Å². The van der Waals surface area contributed by atoms with E-state index in [9.17, 15) is 9.18 Å². The predicted octanol–water partition coefficient (Wildman–Crippen LogP) is 3.10. The van der Waals surface area contributed by atoms with Crippen LogP contribution in [-0.4, -0.2) is 36.6 Å². The molecule has 1 aromatic carbocycles. The zero-order valence-corrected chi connectivity index (χ0v) is 14.7. The number of amides is 1. The van der Waals surface area contributed by atoms with Gasteiger partial charge in [-0.05, 0) is 36.8 Å². The van der Waals surface area contributed by atoms with Crippen molar-refractivity contribution in [3.63, 3.8) is 0 Å². The number of anilines is 1. The second-order valence-corrected chi connectivity index (χ2v) is 6.30. The van der Waals surface area contributed by atoms with Crippen LogP contribution in [0.15, 0.2) is 55.3 Å². The lowest BCUT2D eigenvalue weighted by Gasteiger charge is -2.37. The molecule has 1 fully saturated rings. The molecule has 0 radical (unpaired) electrons. The Hall–Kier alpha value is -2.73. The van der Waals surface area contributed by atoms with Crippen molar-refractivity contribution in [2.45, 2.75) is 19.1 Å². The largest absolute Gasteiger partial charge is 0.367 e. The highest BCUT2D eigenvalue weighted by atomic mass is 19.1. The van der Waals surface area contributed by atoms with E-state index in [4.69, 9.17) is 4.74 Å². The summed E-state index contributed by atoms with van der Waals surface area (Å²) in [6.45, 7) is 7.31. The number of benzene rings is 1. The highest BCUT2D eigenvalue weighted by Crippen LogP contribution is 2.28. The van der Waals surface area contributed by atoms with Gasteiger partial charge in [0.25, 0.3) is 5.91 Å². The summed E-state index contributed by atoms with van der Waals surface area (Å²) in [5.41, 5.74) is 1.44. The van der Waals surface area contributed by atoms with Crippen LogP contribution in [0.2, 0.25) is 0 Å². The maximum Gasteiger partial charge on any atom is 0.253 e. The Kier molecular flexibility index (Phi) is 5.63. The lowest BCUT2D eigenvalue weighted by Crippen LogP contribution is -2.43. The van der Waals surface area contributed by atoms with Crippen LogP contribution in [-0.2, 0) is 4.74 Å². The van der Waals surface area contributed by atoms with Gasteiger partial charge in [0.1, 0.15) is 17.7 Å². The van der Waals surface area contributed by atoms with Crippen molar-refractivity contribution in [1.29, 1.82) is 0 Å². The summed E-state index contributed by atoms with van der Waals surface area (Å²) >= 11 is 0. The number of carbonyl (C=O) groups excluding carboxylic acids is 1. The molecule has 1 aliphatic heterocycles. The fourth-order valence-electron chi connectivity index (χ4n) is 2.97. The van der Waals surface area contributed by atoms with Crippen molar-refractivity contribution >= 4 is 11.7 Å². The van der Waals surface area contributed by atoms with Gasteiger partial charge in [-0.1, -0.05) is 18.2 Å². The van der Waals surface area contributed by atoms with Crippen LogP contribution in [0.25, 0.3) is 0 Å². The van der Waals surface area contributed by atoms with Crippen molar-refractivity contribution in [1.82, 2.24) is 10.3 Å². The number of carbonyl (C=O) groups is 1. The van der Waals surface area contributed by atoms with E-state index in [0.717, 1.165) is 11.4 Å². The minimum absolute atomic E-state index is 0.0103. The molecule has 0 spiro atoms. The van der Waals surface area contributed by atoms with Gasteiger partial charge in [-0.25, -0.2) is 9.37 Å². The molecule has 2 heterocycles. The maximum absolute atomic E-state index is 13.2. The first-order valence-corrected chi connectivity index (χ1v) is 8.58. The second kappa shape index (κ2) is 8.10. The number of morpholine rings is 1. The SMILES string of the molecule is C=CCNC(=O)c1ccc(N2CC(C)OC(c3ccc(F)cc3)C2)nc1. The normalized spacial score (nSPS) is 19.8. The Bertz CT molecular complexity index is 762. The second-order valence-electron chi connectivity index (χ2n) is 6.30. The number of aromatic nitrogens is 1. The van der Waals surface area contributed by atoms with E-state index in [2.05, 4.69) is 21.8 Å². The molecule has 3 rings (SSSR count). The minimum atomic E-state index is -0.263. The van der Waals surface area contributed by atoms with E-state index in [1.165, 1.54) is 12.1 Å². The smallest absolute Gasteiger partial charge is 0.253 e. The number of hydrogen-bond donors (Lipinski definition) is 1. The van der Waals surface area contributed by atoms with Crippen molar-refractivity contribution in [2.24, 2.45) is 0 Å². The van der Waals surface area contributed by atoms with Crippen molar-refractivity contribution < 1.29 is 13.9 Å². The highest BCUT2D eigenvalue weighted by Gasteiger charge is 2.27. The van der Waals surface area contributed by atoms with E-state index in [-0.39, 0.29) is 23.9 Å². The molecular weight excluding hydrogens is 333 g/mol. The fourth-order valence-corrected chi connectivity index (χ4v) is 2.97. The molecule has 2 aromatic rings. The Balaban J connectivity index is 1.72. The number of rotatable bonds is 5. The third-order valence-corrected chi connectivity index (χ3v) is 4.24. The van der Waals surface area contributed by atoms with Gasteiger partial charge >= 0.3 is 0 Å².